The zero-order chi connectivity index (χ0) is 18.8. The van der Waals surface area contributed by atoms with Crippen LogP contribution in [0.4, 0.5) is 0 Å². The molecule has 26 heavy (non-hydrogen) atoms. The Morgan fingerprint density at radius 3 is 1.92 bits per heavy atom. The number of carbonyl (C=O) groups is 1. The number of piperidine rings is 1. The second-order valence-corrected chi connectivity index (χ2v) is 8.13. The van der Waals surface area contributed by atoms with E-state index in [0.29, 0.717) is 5.56 Å². The first-order valence-corrected chi connectivity index (χ1v) is 9.07. The number of hydrogen-bond donors (Lipinski definition) is 0. The van der Waals surface area contributed by atoms with E-state index in [1.54, 1.807) is 12.1 Å². The number of hydroxylamine groups is 2. The molecule has 1 saturated heterocycles. The van der Waals surface area contributed by atoms with Crippen molar-refractivity contribution in [3.63, 3.8) is 0 Å². The van der Waals surface area contributed by atoms with E-state index in [-0.39, 0.29) is 23.2 Å². The van der Waals surface area contributed by atoms with E-state index in [9.17, 15) is 4.79 Å². The van der Waals surface area contributed by atoms with Gasteiger partial charge in [0.1, 0.15) is 11.9 Å². The van der Waals surface area contributed by atoms with Gasteiger partial charge in [0, 0.05) is 12.8 Å². The zero-order valence-corrected chi connectivity index (χ0v) is 15.9. The van der Waals surface area contributed by atoms with Gasteiger partial charge in [-0.2, -0.15) is 0 Å². The largest absolute Gasteiger partial charge is 0.490 e. The van der Waals surface area contributed by atoms with Gasteiger partial charge < -0.3 is 9.57 Å². The number of nitrogens with zero attached hydrogens (tertiary/aromatic N) is 1. The van der Waals surface area contributed by atoms with Crippen molar-refractivity contribution in [2.45, 2.75) is 57.7 Å². The molecule has 2 aromatic rings. The van der Waals surface area contributed by atoms with Crippen LogP contribution in [0.5, 0.6) is 5.75 Å². The number of ether oxygens (including phenoxy) is 1. The SMILES string of the molecule is CC1(C)CC(Oc2ccccc2)CC(C)(C)N1OC(=O)c1ccccc1. The fraction of sp³-hybridized carbons (Fsp3) is 0.409. The van der Waals surface area contributed by atoms with Gasteiger partial charge in [-0.15, -0.1) is 5.06 Å². The Kier molecular flexibility index (Phi) is 5.05. The summed E-state index contributed by atoms with van der Waals surface area (Å²) < 4.78 is 6.20. The van der Waals surface area contributed by atoms with Crippen molar-refractivity contribution in [2.75, 3.05) is 0 Å². The lowest BCUT2D eigenvalue weighted by Gasteiger charge is -2.52. The van der Waals surface area contributed by atoms with Gasteiger partial charge in [0.05, 0.1) is 16.6 Å². The van der Waals surface area contributed by atoms with Gasteiger partial charge in [0.15, 0.2) is 0 Å². The third-order valence-corrected chi connectivity index (χ3v) is 4.78. The predicted molar refractivity (Wildman–Crippen MR) is 102 cm³/mol. The molecular formula is C22H27NO3. The topological polar surface area (TPSA) is 38.8 Å². The molecule has 1 aliphatic heterocycles. The lowest BCUT2D eigenvalue weighted by molar-refractivity contribution is -0.253. The fourth-order valence-electron chi connectivity index (χ4n) is 3.90. The van der Waals surface area contributed by atoms with Crippen LogP contribution in [0, 0.1) is 0 Å². The Bertz CT molecular complexity index is 722. The van der Waals surface area contributed by atoms with Crippen LogP contribution in [-0.4, -0.2) is 28.2 Å². The van der Waals surface area contributed by atoms with Crippen molar-refractivity contribution >= 4 is 5.97 Å². The molecule has 0 bridgehead atoms. The summed E-state index contributed by atoms with van der Waals surface area (Å²) in [5.74, 6) is 0.549. The zero-order valence-electron chi connectivity index (χ0n) is 15.9. The van der Waals surface area contributed by atoms with Crippen LogP contribution in [0.25, 0.3) is 0 Å². The molecule has 138 valence electrons. The third kappa shape index (κ3) is 4.07. The van der Waals surface area contributed by atoms with Gasteiger partial charge in [-0.25, -0.2) is 4.79 Å². The summed E-state index contributed by atoms with van der Waals surface area (Å²) in [6, 6.07) is 19.0. The number of benzene rings is 2. The minimum absolute atomic E-state index is 0.0640. The van der Waals surface area contributed by atoms with E-state index in [0.717, 1.165) is 18.6 Å². The van der Waals surface area contributed by atoms with Crippen LogP contribution in [0.2, 0.25) is 0 Å². The lowest BCUT2D eigenvalue weighted by Crippen LogP contribution is -2.62. The molecule has 4 nitrogen and oxygen atoms in total. The predicted octanol–water partition coefficient (Wildman–Crippen LogP) is 4.86. The minimum atomic E-state index is -0.342. The third-order valence-electron chi connectivity index (χ3n) is 4.78. The molecule has 0 aliphatic carbocycles. The van der Waals surface area contributed by atoms with E-state index in [1.165, 1.54) is 0 Å². The van der Waals surface area contributed by atoms with Gasteiger partial charge in [0.25, 0.3) is 0 Å². The normalized spacial score (nSPS) is 19.7. The van der Waals surface area contributed by atoms with Crippen LogP contribution >= 0.6 is 0 Å². The summed E-state index contributed by atoms with van der Waals surface area (Å²) in [5, 5.41) is 1.85. The molecule has 0 N–H and O–H groups in total. The maximum absolute atomic E-state index is 12.6. The van der Waals surface area contributed by atoms with E-state index in [1.807, 2.05) is 53.6 Å². The van der Waals surface area contributed by atoms with Crippen molar-refractivity contribution in [2.24, 2.45) is 0 Å². The molecule has 0 aromatic heterocycles. The molecule has 0 saturated carbocycles. The summed E-state index contributed by atoms with van der Waals surface area (Å²) in [5.41, 5.74) is -0.126. The lowest BCUT2D eigenvalue weighted by atomic mass is 9.80. The van der Waals surface area contributed by atoms with Gasteiger partial charge in [0.2, 0.25) is 0 Å². The first-order valence-electron chi connectivity index (χ1n) is 9.07. The van der Waals surface area contributed by atoms with Crippen molar-refractivity contribution in [1.29, 1.82) is 0 Å². The summed E-state index contributed by atoms with van der Waals surface area (Å²) in [6.45, 7) is 8.36. The summed E-state index contributed by atoms with van der Waals surface area (Å²) in [4.78, 5) is 18.4. The Balaban J connectivity index is 1.75. The second kappa shape index (κ2) is 7.12. The second-order valence-electron chi connectivity index (χ2n) is 8.13. The molecule has 0 unspecified atom stereocenters. The van der Waals surface area contributed by atoms with Crippen LogP contribution in [0.1, 0.15) is 50.9 Å². The Labute approximate surface area is 155 Å². The van der Waals surface area contributed by atoms with Crippen LogP contribution < -0.4 is 4.74 Å². The van der Waals surface area contributed by atoms with Crippen LogP contribution in [-0.2, 0) is 4.84 Å². The van der Waals surface area contributed by atoms with Gasteiger partial charge in [-0.1, -0.05) is 36.4 Å². The Hall–Kier alpha value is -2.33. The molecule has 2 aromatic carbocycles. The first-order chi connectivity index (χ1) is 12.3. The summed E-state index contributed by atoms with van der Waals surface area (Å²) in [7, 11) is 0. The molecule has 1 aliphatic rings. The monoisotopic (exact) mass is 353 g/mol. The smallest absolute Gasteiger partial charge is 0.357 e. The maximum atomic E-state index is 12.6. The Morgan fingerprint density at radius 1 is 0.885 bits per heavy atom. The molecule has 1 heterocycles. The number of para-hydroxylation sites is 1. The summed E-state index contributed by atoms with van der Waals surface area (Å²) >= 11 is 0. The number of hydrogen-bond acceptors (Lipinski definition) is 4. The van der Waals surface area contributed by atoms with E-state index >= 15 is 0 Å². The minimum Gasteiger partial charge on any atom is -0.490 e. The fourth-order valence-corrected chi connectivity index (χ4v) is 3.90. The van der Waals surface area contributed by atoms with Gasteiger partial charge in [-0.3, -0.25) is 0 Å². The van der Waals surface area contributed by atoms with Crippen molar-refractivity contribution in [3.05, 3.63) is 66.2 Å². The molecule has 4 heteroatoms. The molecule has 0 amide bonds. The van der Waals surface area contributed by atoms with Crippen molar-refractivity contribution < 1.29 is 14.4 Å². The van der Waals surface area contributed by atoms with E-state index in [2.05, 4.69) is 27.7 Å². The molecule has 0 atom stereocenters. The van der Waals surface area contributed by atoms with Crippen LogP contribution in [0.15, 0.2) is 60.7 Å². The summed E-state index contributed by atoms with van der Waals surface area (Å²) in [6.07, 6.45) is 1.61. The maximum Gasteiger partial charge on any atom is 0.357 e. The molecular weight excluding hydrogens is 326 g/mol. The highest BCUT2D eigenvalue weighted by atomic mass is 16.7. The van der Waals surface area contributed by atoms with Crippen molar-refractivity contribution in [3.8, 4) is 5.75 Å². The molecule has 3 rings (SSSR count). The highest BCUT2D eigenvalue weighted by Gasteiger charge is 2.49. The van der Waals surface area contributed by atoms with Gasteiger partial charge >= 0.3 is 5.97 Å². The average molecular weight is 353 g/mol. The molecule has 1 fully saturated rings. The number of carbonyl (C=O) groups excluding carboxylic acids is 1. The van der Waals surface area contributed by atoms with Crippen molar-refractivity contribution in [1.82, 2.24) is 5.06 Å². The quantitative estimate of drug-likeness (QED) is 0.787. The molecule has 0 radical (unpaired) electrons. The highest BCUT2D eigenvalue weighted by Crippen LogP contribution is 2.40. The van der Waals surface area contributed by atoms with Gasteiger partial charge in [-0.05, 0) is 52.0 Å². The first kappa shape index (κ1) is 18.5. The highest BCUT2D eigenvalue weighted by molar-refractivity contribution is 5.89. The van der Waals surface area contributed by atoms with E-state index < -0.39 is 0 Å². The van der Waals surface area contributed by atoms with Crippen LogP contribution in [0.3, 0.4) is 0 Å². The Morgan fingerprint density at radius 2 is 1.38 bits per heavy atom. The number of rotatable bonds is 4. The standard InChI is InChI=1S/C22H27NO3/c1-21(2)15-19(25-18-13-9-6-10-14-18)16-22(3,4)23(21)26-20(24)17-11-7-5-8-12-17/h5-14,19H,15-16H2,1-4H3. The molecule has 0 spiro atoms. The average Bonchev–Trinajstić information content (AvgIpc) is 2.59. The van der Waals surface area contributed by atoms with E-state index in [4.69, 9.17) is 9.57 Å².